The largest absolute Gasteiger partial charge is 0.313 e. The van der Waals surface area contributed by atoms with Gasteiger partial charge in [-0.3, -0.25) is 0 Å². The van der Waals surface area contributed by atoms with Gasteiger partial charge in [0, 0.05) is 15.5 Å². The molecule has 0 aromatic heterocycles. The summed E-state index contributed by atoms with van der Waals surface area (Å²) in [6.07, 6.45) is 0.940. The molecule has 0 bridgehead atoms. The second-order valence-electron chi connectivity index (χ2n) is 4.70. The van der Waals surface area contributed by atoms with Gasteiger partial charge in [-0.1, -0.05) is 57.4 Å². The van der Waals surface area contributed by atoms with Crippen LogP contribution >= 0.6 is 27.5 Å². The van der Waals surface area contributed by atoms with Crippen molar-refractivity contribution in [3.63, 3.8) is 0 Å². The monoisotopic (exact) mass is 337 g/mol. The van der Waals surface area contributed by atoms with Crippen molar-refractivity contribution < 1.29 is 0 Å². The average Bonchev–Trinajstić information content (AvgIpc) is 2.41. The first kappa shape index (κ1) is 14.6. The van der Waals surface area contributed by atoms with Crippen molar-refractivity contribution >= 4 is 27.5 Å². The Morgan fingerprint density at radius 3 is 2.47 bits per heavy atom. The van der Waals surface area contributed by atoms with Gasteiger partial charge in [0.15, 0.2) is 0 Å². The molecule has 2 aromatic rings. The van der Waals surface area contributed by atoms with Crippen molar-refractivity contribution in [2.45, 2.75) is 19.4 Å². The van der Waals surface area contributed by atoms with Gasteiger partial charge < -0.3 is 5.32 Å². The number of likely N-dealkylation sites (N-methyl/N-ethyl adjacent to an activating group) is 1. The summed E-state index contributed by atoms with van der Waals surface area (Å²) in [6.45, 7) is 2.10. The van der Waals surface area contributed by atoms with E-state index in [1.165, 1.54) is 16.7 Å². The minimum absolute atomic E-state index is 0.246. The summed E-state index contributed by atoms with van der Waals surface area (Å²) in [7, 11) is 1.98. The van der Waals surface area contributed by atoms with E-state index in [4.69, 9.17) is 11.6 Å². The van der Waals surface area contributed by atoms with E-state index in [0.717, 1.165) is 15.9 Å². The molecule has 1 unspecified atom stereocenters. The third kappa shape index (κ3) is 3.82. The zero-order valence-electron chi connectivity index (χ0n) is 11.1. The van der Waals surface area contributed by atoms with Crippen molar-refractivity contribution in [3.05, 3.63) is 68.7 Å². The molecule has 0 spiro atoms. The summed E-state index contributed by atoms with van der Waals surface area (Å²) in [5, 5.41) is 4.13. The van der Waals surface area contributed by atoms with Gasteiger partial charge in [-0.05, 0) is 49.7 Å². The Kier molecular flexibility index (Phi) is 5.03. The van der Waals surface area contributed by atoms with Crippen LogP contribution in [0.2, 0.25) is 5.02 Å². The zero-order valence-corrected chi connectivity index (χ0v) is 13.4. The molecule has 0 fully saturated rings. The average molecular weight is 339 g/mol. The number of hydrogen-bond acceptors (Lipinski definition) is 1. The molecule has 0 saturated carbocycles. The fourth-order valence-electron chi connectivity index (χ4n) is 2.11. The molecule has 0 amide bonds. The quantitative estimate of drug-likeness (QED) is 0.835. The van der Waals surface area contributed by atoms with Crippen LogP contribution in [0.15, 0.2) is 46.9 Å². The second kappa shape index (κ2) is 6.56. The molecule has 3 heteroatoms. The number of nitrogens with one attached hydrogen (secondary N) is 1. The van der Waals surface area contributed by atoms with Crippen molar-refractivity contribution in [1.82, 2.24) is 5.32 Å². The highest BCUT2D eigenvalue weighted by Gasteiger charge is 2.13. The first-order valence-corrected chi connectivity index (χ1v) is 7.45. The molecule has 1 nitrogen and oxygen atoms in total. The van der Waals surface area contributed by atoms with Gasteiger partial charge in [-0.15, -0.1) is 0 Å². The first-order chi connectivity index (χ1) is 9.10. The highest BCUT2D eigenvalue weighted by molar-refractivity contribution is 9.10. The fourth-order valence-corrected chi connectivity index (χ4v) is 2.81. The maximum atomic E-state index is 6.09. The Labute approximate surface area is 128 Å². The summed E-state index contributed by atoms with van der Waals surface area (Å²) < 4.78 is 1.09. The topological polar surface area (TPSA) is 12.0 Å². The minimum Gasteiger partial charge on any atom is -0.313 e. The van der Waals surface area contributed by atoms with Gasteiger partial charge in [0.2, 0.25) is 0 Å². The van der Waals surface area contributed by atoms with Gasteiger partial charge in [-0.25, -0.2) is 0 Å². The van der Waals surface area contributed by atoms with Crippen LogP contribution in [0.1, 0.15) is 22.7 Å². The highest BCUT2D eigenvalue weighted by Crippen LogP contribution is 2.28. The summed E-state index contributed by atoms with van der Waals surface area (Å²) >= 11 is 9.69. The smallest absolute Gasteiger partial charge is 0.0410 e. The molecule has 0 aliphatic rings. The van der Waals surface area contributed by atoms with Crippen molar-refractivity contribution in [2.24, 2.45) is 0 Å². The van der Waals surface area contributed by atoms with E-state index in [2.05, 4.69) is 52.4 Å². The summed E-state index contributed by atoms with van der Waals surface area (Å²) in [4.78, 5) is 0. The van der Waals surface area contributed by atoms with Crippen LogP contribution < -0.4 is 5.32 Å². The van der Waals surface area contributed by atoms with E-state index < -0.39 is 0 Å². The van der Waals surface area contributed by atoms with E-state index in [0.29, 0.717) is 0 Å². The van der Waals surface area contributed by atoms with Crippen molar-refractivity contribution in [2.75, 3.05) is 7.05 Å². The standard InChI is InChI=1S/C16H17BrClN/c1-11-3-5-12(6-4-11)9-16(19-2)14-10-13(18)7-8-15(14)17/h3-8,10,16,19H,9H2,1-2H3. The number of rotatable bonds is 4. The Morgan fingerprint density at radius 2 is 1.84 bits per heavy atom. The Morgan fingerprint density at radius 1 is 1.16 bits per heavy atom. The molecule has 0 radical (unpaired) electrons. The van der Waals surface area contributed by atoms with Crippen LogP contribution in [-0.4, -0.2) is 7.05 Å². The van der Waals surface area contributed by atoms with E-state index in [1.54, 1.807) is 0 Å². The van der Waals surface area contributed by atoms with E-state index in [1.807, 2.05) is 25.2 Å². The van der Waals surface area contributed by atoms with Gasteiger partial charge in [0.25, 0.3) is 0 Å². The molecule has 2 aromatic carbocycles. The second-order valence-corrected chi connectivity index (χ2v) is 5.99. The first-order valence-electron chi connectivity index (χ1n) is 6.28. The molecule has 1 N–H and O–H groups in total. The van der Waals surface area contributed by atoms with Gasteiger partial charge in [0.05, 0.1) is 0 Å². The third-order valence-electron chi connectivity index (χ3n) is 3.24. The number of aryl methyl sites for hydroxylation is 1. The third-order valence-corrected chi connectivity index (χ3v) is 4.20. The lowest BCUT2D eigenvalue weighted by atomic mass is 9.98. The maximum absolute atomic E-state index is 6.09. The molecule has 2 rings (SSSR count). The maximum Gasteiger partial charge on any atom is 0.0410 e. The zero-order chi connectivity index (χ0) is 13.8. The van der Waals surface area contributed by atoms with Crippen molar-refractivity contribution in [1.29, 1.82) is 0 Å². The molecule has 0 saturated heterocycles. The molecule has 1 atom stereocenters. The minimum atomic E-state index is 0.246. The van der Waals surface area contributed by atoms with Crippen LogP contribution in [0.3, 0.4) is 0 Å². The molecule has 19 heavy (non-hydrogen) atoms. The molecular formula is C16H17BrClN. The van der Waals surface area contributed by atoms with Crippen LogP contribution in [0.25, 0.3) is 0 Å². The Bertz CT molecular complexity index is 551. The van der Waals surface area contributed by atoms with Crippen LogP contribution in [0, 0.1) is 6.92 Å². The summed E-state index contributed by atoms with van der Waals surface area (Å²) in [6, 6.07) is 14.8. The molecule has 0 heterocycles. The molecular weight excluding hydrogens is 322 g/mol. The Balaban J connectivity index is 2.24. The van der Waals surface area contributed by atoms with Crippen LogP contribution in [0.5, 0.6) is 0 Å². The normalized spacial score (nSPS) is 12.4. The van der Waals surface area contributed by atoms with Crippen molar-refractivity contribution in [3.8, 4) is 0 Å². The molecule has 100 valence electrons. The summed E-state index contributed by atoms with van der Waals surface area (Å²) in [5.74, 6) is 0. The SMILES string of the molecule is CNC(Cc1ccc(C)cc1)c1cc(Cl)ccc1Br. The molecule has 0 aliphatic heterocycles. The number of halogens is 2. The lowest BCUT2D eigenvalue weighted by molar-refractivity contribution is 0.590. The highest BCUT2D eigenvalue weighted by atomic mass is 79.9. The lowest BCUT2D eigenvalue weighted by Crippen LogP contribution is -2.19. The fraction of sp³-hybridized carbons (Fsp3) is 0.250. The van der Waals surface area contributed by atoms with Crippen LogP contribution in [0.4, 0.5) is 0 Å². The van der Waals surface area contributed by atoms with E-state index in [-0.39, 0.29) is 6.04 Å². The number of benzene rings is 2. The Hall–Kier alpha value is -0.830. The predicted molar refractivity (Wildman–Crippen MR) is 85.8 cm³/mol. The summed E-state index contributed by atoms with van der Waals surface area (Å²) in [5.41, 5.74) is 3.79. The van der Waals surface area contributed by atoms with Gasteiger partial charge in [-0.2, -0.15) is 0 Å². The molecule has 0 aliphatic carbocycles. The van der Waals surface area contributed by atoms with Crippen LogP contribution in [-0.2, 0) is 6.42 Å². The van der Waals surface area contributed by atoms with E-state index in [9.17, 15) is 0 Å². The van der Waals surface area contributed by atoms with Gasteiger partial charge >= 0.3 is 0 Å². The number of hydrogen-bond donors (Lipinski definition) is 1. The lowest BCUT2D eigenvalue weighted by Gasteiger charge is -2.19. The van der Waals surface area contributed by atoms with E-state index >= 15 is 0 Å². The predicted octanol–water partition coefficient (Wildman–Crippen LogP) is 4.91. The van der Waals surface area contributed by atoms with Gasteiger partial charge in [0.1, 0.15) is 0 Å².